The maximum absolute atomic E-state index is 11.6. The monoisotopic (exact) mass is 274 g/mol. The third kappa shape index (κ3) is 4.61. The van der Waals surface area contributed by atoms with Gasteiger partial charge >= 0.3 is 6.03 Å². The fourth-order valence-electron chi connectivity index (χ4n) is 2.00. The number of urea groups is 1. The van der Waals surface area contributed by atoms with Crippen LogP contribution in [0.15, 0.2) is 36.0 Å². The highest BCUT2D eigenvalue weighted by molar-refractivity contribution is 5.74. The number of nitrogens with one attached hydrogen (secondary N) is 2. The first-order chi connectivity index (χ1) is 9.69. The van der Waals surface area contributed by atoms with Crippen molar-refractivity contribution >= 4 is 6.03 Å². The zero-order valence-corrected chi connectivity index (χ0v) is 12.1. The molecule has 2 rings (SSSR count). The van der Waals surface area contributed by atoms with E-state index in [1.54, 1.807) is 7.11 Å². The average Bonchev–Trinajstić information content (AvgIpc) is 3.30. The summed E-state index contributed by atoms with van der Waals surface area (Å²) >= 11 is 0. The molecule has 0 aliphatic heterocycles. The molecule has 0 aromatic heterocycles. The molecule has 0 spiro atoms. The van der Waals surface area contributed by atoms with E-state index in [0.29, 0.717) is 12.5 Å². The van der Waals surface area contributed by atoms with Crippen LogP contribution in [-0.4, -0.2) is 19.7 Å². The zero-order chi connectivity index (χ0) is 14.4. The van der Waals surface area contributed by atoms with Gasteiger partial charge in [0.2, 0.25) is 0 Å². The van der Waals surface area contributed by atoms with Crippen molar-refractivity contribution < 1.29 is 9.53 Å². The van der Waals surface area contributed by atoms with Crippen molar-refractivity contribution in [1.29, 1.82) is 0 Å². The summed E-state index contributed by atoms with van der Waals surface area (Å²) in [5, 5.41) is 5.62. The van der Waals surface area contributed by atoms with Crippen LogP contribution in [0.3, 0.4) is 0 Å². The number of allylic oxidation sites excluding steroid dienone is 1. The van der Waals surface area contributed by atoms with Gasteiger partial charge in [0.1, 0.15) is 5.75 Å². The van der Waals surface area contributed by atoms with Crippen molar-refractivity contribution in [2.24, 2.45) is 5.92 Å². The molecule has 1 saturated carbocycles. The van der Waals surface area contributed by atoms with E-state index >= 15 is 0 Å². The molecule has 0 unspecified atom stereocenters. The van der Waals surface area contributed by atoms with Gasteiger partial charge in [0, 0.05) is 12.7 Å². The van der Waals surface area contributed by atoms with E-state index in [4.69, 9.17) is 4.74 Å². The lowest BCUT2D eigenvalue weighted by Crippen LogP contribution is -2.33. The number of rotatable bonds is 6. The maximum atomic E-state index is 11.6. The van der Waals surface area contributed by atoms with Gasteiger partial charge in [-0.1, -0.05) is 17.7 Å². The first kappa shape index (κ1) is 14.4. The Morgan fingerprint density at radius 3 is 2.65 bits per heavy atom. The van der Waals surface area contributed by atoms with Crippen LogP contribution < -0.4 is 15.4 Å². The van der Waals surface area contributed by atoms with E-state index in [0.717, 1.165) is 12.2 Å². The second kappa shape index (κ2) is 6.98. The van der Waals surface area contributed by atoms with Crippen LogP contribution in [0.5, 0.6) is 5.75 Å². The van der Waals surface area contributed by atoms with Gasteiger partial charge in [0.25, 0.3) is 0 Å². The highest BCUT2D eigenvalue weighted by Crippen LogP contribution is 2.35. The Labute approximate surface area is 120 Å². The number of methoxy groups -OCH3 is 1. The standard InChI is InChI=1S/C16H22N2O2/c1-12(14-5-6-14)11-18-16(19)17-10-9-13-3-7-15(20-2)8-4-13/h3-4,7-8,11,14H,5-6,9-10H2,1-2H3,(H2,17,18,19)/b12-11+. The first-order valence-corrected chi connectivity index (χ1v) is 7.03. The van der Waals surface area contributed by atoms with Gasteiger partial charge in [-0.05, 0) is 49.8 Å². The molecule has 1 aliphatic rings. The van der Waals surface area contributed by atoms with Crippen molar-refractivity contribution in [1.82, 2.24) is 10.6 Å². The molecule has 0 atom stereocenters. The Balaban J connectivity index is 1.66. The number of amides is 2. The molecule has 4 heteroatoms. The quantitative estimate of drug-likeness (QED) is 0.838. The molecular formula is C16H22N2O2. The summed E-state index contributed by atoms with van der Waals surface area (Å²) in [6.45, 7) is 2.68. The lowest BCUT2D eigenvalue weighted by atomic mass is 10.1. The van der Waals surface area contributed by atoms with Gasteiger partial charge in [-0.25, -0.2) is 4.79 Å². The van der Waals surface area contributed by atoms with Crippen molar-refractivity contribution in [3.63, 3.8) is 0 Å². The topological polar surface area (TPSA) is 50.4 Å². The Morgan fingerprint density at radius 1 is 1.35 bits per heavy atom. The minimum absolute atomic E-state index is 0.140. The first-order valence-electron chi connectivity index (χ1n) is 7.03. The van der Waals surface area contributed by atoms with Gasteiger partial charge in [0.05, 0.1) is 7.11 Å². The summed E-state index contributed by atoms with van der Waals surface area (Å²) < 4.78 is 5.10. The molecule has 4 nitrogen and oxygen atoms in total. The van der Waals surface area contributed by atoms with Gasteiger partial charge in [0.15, 0.2) is 0 Å². The Morgan fingerprint density at radius 2 is 2.05 bits per heavy atom. The van der Waals surface area contributed by atoms with Crippen molar-refractivity contribution in [3.05, 3.63) is 41.6 Å². The predicted octanol–water partition coefficient (Wildman–Crippen LogP) is 2.85. The van der Waals surface area contributed by atoms with E-state index in [9.17, 15) is 4.79 Å². The number of benzene rings is 1. The molecule has 1 aromatic rings. The third-order valence-corrected chi connectivity index (χ3v) is 3.51. The number of ether oxygens (including phenoxy) is 1. The summed E-state index contributed by atoms with van der Waals surface area (Å²) in [6, 6.07) is 7.73. The van der Waals surface area contributed by atoms with Crippen molar-refractivity contribution in [2.45, 2.75) is 26.2 Å². The summed E-state index contributed by atoms with van der Waals surface area (Å²) in [7, 11) is 1.65. The van der Waals surface area contributed by atoms with Crippen molar-refractivity contribution in [3.8, 4) is 5.75 Å². The molecule has 1 fully saturated rings. The molecule has 20 heavy (non-hydrogen) atoms. The highest BCUT2D eigenvalue weighted by atomic mass is 16.5. The molecule has 0 bridgehead atoms. The second-order valence-corrected chi connectivity index (χ2v) is 5.16. The predicted molar refractivity (Wildman–Crippen MR) is 79.7 cm³/mol. The minimum atomic E-state index is -0.140. The Hall–Kier alpha value is -1.97. The summed E-state index contributed by atoms with van der Waals surface area (Å²) in [4.78, 5) is 11.6. The molecular weight excluding hydrogens is 252 g/mol. The fraction of sp³-hybridized carbons (Fsp3) is 0.438. The van der Waals surface area contributed by atoms with Crippen LogP contribution in [0.4, 0.5) is 4.79 Å². The molecule has 1 aliphatic carbocycles. The molecule has 2 amide bonds. The summed E-state index contributed by atoms with van der Waals surface area (Å²) in [6.07, 6.45) is 5.13. The largest absolute Gasteiger partial charge is 0.497 e. The van der Waals surface area contributed by atoms with Crippen LogP contribution in [-0.2, 0) is 6.42 Å². The average molecular weight is 274 g/mol. The van der Waals surface area contributed by atoms with Crippen molar-refractivity contribution in [2.75, 3.05) is 13.7 Å². The molecule has 108 valence electrons. The molecule has 1 aromatic carbocycles. The molecule has 0 heterocycles. The lowest BCUT2D eigenvalue weighted by molar-refractivity contribution is 0.244. The van der Waals surface area contributed by atoms with Crippen LogP contribution in [0.1, 0.15) is 25.3 Å². The number of hydrogen-bond acceptors (Lipinski definition) is 2. The number of hydrogen-bond donors (Lipinski definition) is 2. The smallest absolute Gasteiger partial charge is 0.318 e. The Bertz CT molecular complexity index is 476. The summed E-state index contributed by atoms with van der Waals surface area (Å²) in [5.74, 6) is 1.54. The molecule has 0 saturated heterocycles. The van der Waals surface area contributed by atoms with Gasteiger partial charge < -0.3 is 15.4 Å². The molecule has 2 N–H and O–H groups in total. The summed E-state index contributed by atoms with van der Waals surface area (Å²) in [5.41, 5.74) is 2.44. The van der Waals surface area contributed by atoms with E-state index in [1.165, 1.54) is 24.0 Å². The normalized spacial score (nSPS) is 14.8. The number of carbonyl (C=O) groups is 1. The van der Waals surface area contributed by atoms with E-state index in [1.807, 2.05) is 30.5 Å². The van der Waals surface area contributed by atoms with E-state index in [2.05, 4.69) is 17.6 Å². The SMILES string of the molecule is COc1ccc(CCNC(=O)N/C=C(\C)C2CC2)cc1. The number of carbonyl (C=O) groups excluding carboxylic acids is 1. The van der Waals surface area contributed by atoms with Crippen LogP contribution in [0.2, 0.25) is 0 Å². The van der Waals surface area contributed by atoms with Gasteiger partial charge in [-0.15, -0.1) is 0 Å². The third-order valence-electron chi connectivity index (χ3n) is 3.51. The molecule has 0 radical (unpaired) electrons. The Kier molecular flexibility index (Phi) is 5.04. The maximum Gasteiger partial charge on any atom is 0.318 e. The zero-order valence-electron chi connectivity index (χ0n) is 12.1. The van der Waals surface area contributed by atoms with Crippen LogP contribution in [0, 0.1) is 5.92 Å². The van der Waals surface area contributed by atoms with Crippen LogP contribution in [0.25, 0.3) is 0 Å². The minimum Gasteiger partial charge on any atom is -0.497 e. The second-order valence-electron chi connectivity index (χ2n) is 5.16. The highest BCUT2D eigenvalue weighted by Gasteiger charge is 2.22. The van der Waals surface area contributed by atoms with Gasteiger partial charge in [-0.2, -0.15) is 0 Å². The van der Waals surface area contributed by atoms with Crippen LogP contribution >= 0.6 is 0 Å². The lowest BCUT2D eigenvalue weighted by Gasteiger charge is -2.06. The fourth-order valence-corrected chi connectivity index (χ4v) is 2.00. The van der Waals surface area contributed by atoms with Gasteiger partial charge in [-0.3, -0.25) is 0 Å². The van der Waals surface area contributed by atoms with E-state index in [-0.39, 0.29) is 6.03 Å². The van der Waals surface area contributed by atoms with E-state index < -0.39 is 0 Å².